The van der Waals surface area contributed by atoms with Crippen molar-refractivity contribution in [1.29, 1.82) is 0 Å². The predicted molar refractivity (Wildman–Crippen MR) is 94.2 cm³/mol. The van der Waals surface area contributed by atoms with Gasteiger partial charge in [0.15, 0.2) is 5.65 Å². The van der Waals surface area contributed by atoms with E-state index < -0.39 is 0 Å². The fourth-order valence-corrected chi connectivity index (χ4v) is 2.68. The molecule has 0 radical (unpaired) electrons. The molecule has 0 saturated heterocycles. The van der Waals surface area contributed by atoms with Crippen molar-refractivity contribution in [2.24, 2.45) is 0 Å². The van der Waals surface area contributed by atoms with Gasteiger partial charge >= 0.3 is 5.69 Å². The molecule has 130 valence electrons. The number of fused-ring (bicyclic) bond motifs is 1. The molecule has 0 aliphatic heterocycles. The summed E-state index contributed by atoms with van der Waals surface area (Å²) in [5.74, 6) is -0.222. The highest BCUT2D eigenvalue weighted by Crippen LogP contribution is 2.09. The zero-order valence-corrected chi connectivity index (χ0v) is 14.0. The first kappa shape index (κ1) is 16.9. The average molecular weight is 340 g/mol. The van der Waals surface area contributed by atoms with E-state index in [1.807, 2.05) is 30.3 Å². The van der Waals surface area contributed by atoms with Crippen LogP contribution in [0.2, 0.25) is 0 Å². The Labute approximate surface area is 144 Å². The Balaban J connectivity index is 1.80. The van der Waals surface area contributed by atoms with Crippen molar-refractivity contribution >= 4 is 17.1 Å². The summed E-state index contributed by atoms with van der Waals surface area (Å²) < 4.78 is 8.03. The highest BCUT2D eigenvalue weighted by molar-refractivity contribution is 5.79. The minimum absolute atomic E-state index is 0.0478. The zero-order valence-electron chi connectivity index (χ0n) is 14.0. The minimum Gasteiger partial charge on any atom is -0.383 e. The first-order valence-corrected chi connectivity index (χ1v) is 8.04. The number of benzene rings is 1. The molecule has 2 heterocycles. The normalized spacial score (nSPS) is 10.9. The molecule has 7 heteroatoms. The highest BCUT2D eigenvalue weighted by atomic mass is 16.5. The summed E-state index contributed by atoms with van der Waals surface area (Å²) in [6, 6.07) is 13.2. The van der Waals surface area contributed by atoms with E-state index in [2.05, 4.69) is 10.3 Å². The third kappa shape index (κ3) is 3.77. The number of hydrogen-bond donors (Lipinski definition) is 1. The van der Waals surface area contributed by atoms with Gasteiger partial charge in [0.2, 0.25) is 5.91 Å². The van der Waals surface area contributed by atoms with Gasteiger partial charge in [-0.05, 0) is 17.7 Å². The Morgan fingerprint density at radius 2 is 1.96 bits per heavy atom. The summed E-state index contributed by atoms with van der Waals surface area (Å²) in [5.41, 5.74) is 1.94. The maximum Gasteiger partial charge on any atom is 0.330 e. The van der Waals surface area contributed by atoms with Crippen molar-refractivity contribution in [3.63, 3.8) is 0 Å². The SMILES string of the molecule is COCCn1c(=O)n(CC(=O)NCc2ccccc2)c2cccnc21. The van der Waals surface area contributed by atoms with Crippen molar-refractivity contribution < 1.29 is 9.53 Å². The van der Waals surface area contributed by atoms with E-state index in [0.29, 0.717) is 30.9 Å². The second-order valence-corrected chi connectivity index (χ2v) is 5.62. The number of nitrogens with zero attached hydrogens (tertiary/aromatic N) is 3. The molecule has 2 aromatic heterocycles. The lowest BCUT2D eigenvalue weighted by atomic mass is 10.2. The molecule has 0 saturated carbocycles. The predicted octanol–water partition coefficient (Wildman–Crippen LogP) is 1.16. The lowest BCUT2D eigenvalue weighted by Gasteiger charge is -2.06. The third-order valence-corrected chi connectivity index (χ3v) is 3.93. The molecule has 1 N–H and O–H groups in total. The Kier molecular flexibility index (Phi) is 5.25. The van der Waals surface area contributed by atoms with Crippen LogP contribution in [0.15, 0.2) is 53.5 Å². The molecular formula is C18H20N4O3. The van der Waals surface area contributed by atoms with Crippen LogP contribution in [0, 0.1) is 0 Å². The minimum atomic E-state index is -0.263. The van der Waals surface area contributed by atoms with E-state index in [0.717, 1.165) is 5.56 Å². The molecule has 0 bridgehead atoms. The molecule has 0 atom stereocenters. The van der Waals surface area contributed by atoms with Crippen LogP contribution in [0.3, 0.4) is 0 Å². The van der Waals surface area contributed by atoms with Crippen LogP contribution in [0.5, 0.6) is 0 Å². The molecule has 25 heavy (non-hydrogen) atoms. The van der Waals surface area contributed by atoms with Crippen LogP contribution in [-0.2, 0) is 29.2 Å². The molecule has 1 aromatic carbocycles. The number of aromatic nitrogens is 3. The van der Waals surface area contributed by atoms with E-state index in [-0.39, 0.29) is 18.1 Å². The summed E-state index contributed by atoms with van der Waals surface area (Å²) in [4.78, 5) is 29.2. The molecule has 0 spiro atoms. The van der Waals surface area contributed by atoms with Crippen LogP contribution in [0.25, 0.3) is 11.2 Å². The number of carbonyl (C=O) groups is 1. The molecule has 0 fully saturated rings. The Bertz CT molecular complexity index is 915. The number of pyridine rings is 1. The Hall–Kier alpha value is -2.93. The van der Waals surface area contributed by atoms with Crippen LogP contribution in [-0.4, -0.2) is 33.7 Å². The van der Waals surface area contributed by atoms with E-state index in [1.54, 1.807) is 25.4 Å². The number of carbonyl (C=O) groups excluding carboxylic acids is 1. The summed E-state index contributed by atoms with van der Waals surface area (Å²) in [6.07, 6.45) is 1.63. The van der Waals surface area contributed by atoms with E-state index in [1.165, 1.54) is 9.13 Å². The van der Waals surface area contributed by atoms with E-state index >= 15 is 0 Å². The summed E-state index contributed by atoms with van der Waals surface area (Å²) in [5, 5.41) is 2.84. The van der Waals surface area contributed by atoms with Gasteiger partial charge < -0.3 is 10.1 Å². The lowest BCUT2D eigenvalue weighted by Crippen LogP contribution is -2.33. The number of nitrogens with one attached hydrogen (secondary N) is 1. The number of imidazole rings is 1. The number of ether oxygens (including phenoxy) is 1. The van der Waals surface area contributed by atoms with Gasteiger partial charge in [0.05, 0.1) is 18.7 Å². The van der Waals surface area contributed by atoms with Crippen molar-refractivity contribution in [1.82, 2.24) is 19.4 Å². The maximum atomic E-state index is 12.7. The van der Waals surface area contributed by atoms with Gasteiger partial charge in [0.1, 0.15) is 6.54 Å². The fraction of sp³-hybridized carbons (Fsp3) is 0.278. The number of rotatable bonds is 7. The largest absolute Gasteiger partial charge is 0.383 e. The molecule has 3 rings (SSSR count). The highest BCUT2D eigenvalue weighted by Gasteiger charge is 2.16. The van der Waals surface area contributed by atoms with Gasteiger partial charge in [0.25, 0.3) is 0 Å². The van der Waals surface area contributed by atoms with Crippen LogP contribution >= 0.6 is 0 Å². The first-order chi connectivity index (χ1) is 12.2. The third-order valence-electron chi connectivity index (χ3n) is 3.93. The second-order valence-electron chi connectivity index (χ2n) is 5.62. The van der Waals surface area contributed by atoms with Gasteiger partial charge in [-0.2, -0.15) is 0 Å². The molecule has 1 amide bonds. The van der Waals surface area contributed by atoms with Crippen molar-refractivity contribution in [2.75, 3.05) is 13.7 Å². The fourth-order valence-electron chi connectivity index (χ4n) is 2.68. The van der Waals surface area contributed by atoms with Gasteiger partial charge in [-0.15, -0.1) is 0 Å². The van der Waals surface area contributed by atoms with Gasteiger partial charge in [-0.1, -0.05) is 30.3 Å². The summed E-state index contributed by atoms with van der Waals surface area (Å²) in [6.45, 7) is 1.17. The van der Waals surface area contributed by atoms with E-state index in [4.69, 9.17) is 4.74 Å². The molecule has 0 unspecified atom stereocenters. The standard InChI is InChI=1S/C18H20N4O3/c1-25-11-10-21-17-15(8-5-9-19-17)22(18(21)24)13-16(23)20-12-14-6-3-2-4-7-14/h2-9H,10-13H2,1H3,(H,20,23). The smallest absolute Gasteiger partial charge is 0.330 e. The van der Waals surface area contributed by atoms with Gasteiger partial charge in [-0.3, -0.25) is 13.9 Å². The monoisotopic (exact) mass is 340 g/mol. The topological polar surface area (TPSA) is 78.1 Å². The van der Waals surface area contributed by atoms with Crippen molar-refractivity contribution in [3.8, 4) is 0 Å². The van der Waals surface area contributed by atoms with Gasteiger partial charge in [0, 0.05) is 19.9 Å². The first-order valence-electron chi connectivity index (χ1n) is 8.04. The quantitative estimate of drug-likeness (QED) is 0.700. The van der Waals surface area contributed by atoms with Crippen LogP contribution in [0.1, 0.15) is 5.56 Å². The zero-order chi connectivity index (χ0) is 17.6. The number of amides is 1. The number of methoxy groups -OCH3 is 1. The molecule has 3 aromatic rings. The average Bonchev–Trinajstić information content (AvgIpc) is 2.91. The molecule has 7 nitrogen and oxygen atoms in total. The van der Waals surface area contributed by atoms with Crippen molar-refractivity contribution in [2.45, 2.75) is 19.6 Å². The maximum absolute atomic E-state index is 12.7. The van der Waals surface area contributed by atoms with E-state index in [9.17, 15) is 9.59 Å². The molecular weight excluding hydrogens is 320 g/mol. The molecule has 0 aliphatic carbocycles. The van der Waals surface area contributed by atoms with Crippen LogP contribution in [0.4, 0.5) is 0 Å². The Morgan fingerprint density at radius 3 is 2.72 bits per heavy atom. The Morgan fingerprint density at radius 1 is 1.16 bits per heavy atom. The summed E-state index contributed by atoms with van der Waals surface area (Å²) >= 11 is 0. The number of hydrogen-bond acceptors (Lipinski definition) is 4. The van der Waals surface area contributed by atoms with Gasteiger partial charge in [-0.25, -0.2) is 9.78 Å². The molecule has 0 aliphatic rings. The summed E-state index contributed by atoms with van der Waals surface area (Å²) in [7, 11) is 1.58. The lowest BCUT2D eigenvalue weighted by molar-refractivity contribution is -0.121. The van der Waals surface area contributed by atoms with Crippen molar-refractivity contribution in [3.05, 3.63) is 64.7 Å². The second kappa shape index (κ2) is 7.76. The van der Waals surface area contributed by atoms with Crippen LogP contribution < -0.4 is 11.0 Å².